The third-order valence-corrected chi connectivity index (χ3v) is 1.19. The smallest absolute Gasteiger partial charge is 0.392 e. The van der Waals surface area contributed by atoms with Gasteiger partial charge in [-0.05, 0) is 13.3 Å². The van der Waals surface area contributed by atoms with Gasteiger partial charge in [0.1, 0.15) is 21.1 Å². The van der Waals surface area contributed by atoms with E-state index in [-0.39, 0.29) is 23.0 Å². The monoisotopic (exact) mass is 207 g/mol. The molecule has 0 aliphatic rings. The van der Waals surface area contributed by atoms with Gasteiger partial charge in [-0.25, -0.2) is 4.79 Å². The van der Waals surface area contributed by atoms with Crippen molar-refractivity contribution in [3.8, 4) is 0 Å². The molecule has 0 unspecified atom stereocenters. The molecule has 13 heavy (non-hydrogen) atoms. The first kappa shape index (κ1) is 15.0. The van der Waals surface area contributed by atoms with Crippen molar-refractivity contribution in [2.24, 2.45) is 0 Å². The van der Waals surface area contributed by atoms with E-state index in [1.54, 1.807) is 28.1 Å². The van der Waals surface area contributed by atoms with Crippen LogP contribution < -0.4 is 12.4 Å². The second kappa shape index (κ2) is 6.00. The zero-order valence-electron chi connectivity index (χ0n) is 8.93. The van der Waals surface area contributed by atoms with Crippen molar-refractivity contribution in [1.29, 1.82) is 0 Å². The Kier molecular flexibility index (Phi) is 6.90. The molecule has 0 aromatic rings. The predicted octanol–water partition coefficient (Wildman–Crippen LogP) is -1.49. The van der Waals surface area contributed by atoms with Crippen LogP contribution in [0.3, 0.4) is 0 Å². The first-order valence-electron chi connectivity index (χ1n) is 4.09. The molecule has 0 aliphatic heterocycles. The number of carbonyl (C=O) groups is 1. The Labute approximate surface area is 86.3 Å². The molecule has 0 spiro atoms. The fourth-order valence-electron chi connectivity index (χ4n) is 0.710. The molecule has 0 bridgehead atoms. The van der Waals surface area contributed by atoms with E-state index in [4.69, 9.17) is 4.84 Å². The number of allylic oxidation sites excluding steroid dienone is 1. The maximum atomic E-state index is 11.2. The average Bonchev–Trinajstić information content (AvgIpc) is 1.84. The SMILES string of the molecule is CCC=C(C)C(=O)O[N+](C)(C)C.[Cl-]. The van der Waals surface area contributed by atoms with Gasteiger partial charge in [0.15, 0.2) is 0 Å². The molecule has 0 aromatic heterocycles. The van der Waals surface area contributed by atoms with Gasteiger partial charge in [0, 0.05) is 5.57 Å². The molecule has 0 N–H and O–H groups in total. The highest BCUT2D eigenvalue weighted by molar-refractivity contribution is 5.87. The largest absolute Gasteiger partial charge is 1.00 e. The van der Waals surface area contributed by atoms with E-state index in [9.17, 15) is 4.79 Å². The molecule has 0 amide bonds. The van der Waals surface area contributed by atoms with Gasteiger partial charge < -0.3 is 12.4 Å². The van der Waals surface area contributed by atoms with Crippen LogP contribution in [0.15, 0.2) is 11.6 Å². The third-order valence-electron chi connectivity index (χ3n) is 1.19. The van der Waals surface area contributed by atoms with Crippen LogP contribution in [0.5, 0.6) is 0 Å². The Hall–Kier alpha value is -0.540. The summed E-state index contributed by atoms with van der Waals surface area (Å²) in [6, 6.07) is 0. The van der Waals surface area contributed by atoms with Crippen LogP contribution in [0.1, 0.15) is 20.3 Å². The highest BCUT2D eigenvalue weighted by Gasteiger charge is 2.16. The average molecular weight is 208 g/mol. The van der Waals surface area contributed by atoms with Crippen LogP contribution in [0, 0.1) is 0 Å². The predicted molar refractivity (Wildman–Crippen MR) is 48.2 cm³/mol. The van der Waals surface area contributed by atoms with Crippen molar-refractivity contribution in [3.63, 3.8) is 0 Å². The number of halogens is 1. The van der Waals surface area contributed by atoms with E-state index >= 15 is 0 Å². The lowest BCUT2D eigenvalue weighted by molar-refractivity contribution is -1.04. The summed E-state index contributed by atoms with van der Waals surface area (Å²) in [4.78, 5) is 16.3. The van der Waals surface area contributed by atoms with Crippen LogP contribution >= 0.6 is 0 Å². The molecular formula is C9H18ClNO2. The van der Waals surface area contributed by atoms with Crippen LogP contribution in [0.2, 0.25) is 0 Å². The topological polar surface area (TPSA) is 26.3 Å². The van der Waals surface area contributed by atoms with Gasteiger partial charge in [-0.1, -0.05) is 13.0 Å². The Balaban J connectivity index is 0. The number of quaternary nitrogens is 1. The molecule has 0 atom stereocenters. The summed E-state index contributed by atoms with van der Waals surface area (Å²) in [5, 5.41) is 0. The molecule has 0 fully saturated rings. The molecule has 0 heterocycles. The first-order valence-corrected chi connectivity index (χ1v) is 4.09. The zero-order valence-corrected chi connectivity index (χ0v) is 9.68. The lowest BCUT2D eigenvalue weighted by Gasteiger charge is -2.20. The molecule has 0 saturated heterocycles. The quantitative estimate of drug-likeness (QED) is 0.320. The molecule has 3 nitrogen and oxygen atoms in total. The van der Waals surface area contributed by atoms with Gasteiger partial charge in [0.2, 0.25) is 0 Å². The molecule has 78 valence electrons. The third kappa shape index (κ3) is 7.81. The fraction of sp³-hybridized carbons (Fsp3) is 0.667. The summed E-state index contributed by atoms with van der Waals surface area (Å²) in [5.41, 5.74) is 0.672. The molecule has 0 aromatic carbocycles. The molecule has 0 aliphatic carbocycles. The summed E-state index contributed by atoms with van der Waals surface area (Å²) < 4.78 is 0.202. The maximum Gasteiger partial charge on any atom is 0.392 e. The van der Waals surface area contributed by atoms with E-state index in [0.29, 0.717) is 5.57 Å². The van der Waals surface area contributed by atoms with Crippen molar-refractivity contribution in [2.45, 2.75) is 20.3 Å². The second-order valence-electron chi connectivity index (χ2n) is 3.56. The van der Waals surface area contributed by atoms with Crippen LogP contribution in [0.4, 0.5) is 0 Å². The Morgan fingerprint density at radius 1 is 1.38 bits per heavy atom. The number of hydrogen-bond acceptors (Lipinski definition) is 2. The van der Waals surface area contributed by atoms with Gasteiger partial charge in [0.05, 0.1) is 0 Å². The summed E-state index contributed by atoms with van der Waals surface area (Å²) in [6.45, 7) is 3.75. The van der Waals surface area contributed by atoms with E-state index in [1.165, 1.54) is 0 Å². The highest BCUT2D eigenvalue weighted by atomic mass is 35.5. The second-order valence-corrected chi connectivity index (χ2v) is 3.56. The Bertz CT molecular complexity index is 194. The van der Waals surface area contributed by atoms with Crippen molar-refractivity contribution in [3.05, 3.63) is 11.6 Å². The van der Waals surface area contributed by atoms with Gasteiger partial charge in [0.25, 0.3) is 0 Å². The van der Waals surface area contributed by atoms with E-state index in [0.717, 1.165) is 6.42 Å². The standard InChI is InChI=1S/C9H18NO2.ClH/c1-6-7-8(2)9(11)12-10(3,4)5;/h7H,6H2,1-5H3;1H/q+1;/p-1. The van der Waals surface area contributed by atoms with Crippen molar-refractivity contribution >= 4 is 5.97 Å². The van der Waals surface area contributed by atoms with E-state index in [1.807, 2.05) is 13.0 Å². The summed E-state index contributed by atoms with van der Waals surface area (Å²) in [6.07, 6.45) is 2.72. The van der Waals surface area contributed by atoms with Gasteiger partial charge in [-0.15, -0.1) is 4.65 Å². The van der Waals surface area contributed by atoms with Gasteiger partial charge in [-0.2, -0.15) is 0 Å². The van der Waals surface area contributed by atoms with Gasteiger partial charge in [-0.3, -0.25) is 4.84 Å². The summed E-state index contributed by atoms with van der Waals surface area (Å²) >= 11 is 0. The molecule has 0 saturated carbocycles. The number of nitrogens with zero attached hydrogens (tertiary/aromatic N) is 1. The van der Waals surface area contributed by atoms with E-state index in [2.05, 4.69) is 0 Å². The minimum atomic E-state index is -0.246. The van der Waals surface area contributed by atoms with E-state index < -0.39 is 0 Å². The minimum absolute atomic E-state index is 0. The summed E-state index contributed by atoms with van der Waals surface area (Å²) in [7, 11) is 5.41. The van der Waals surface area contributed by atoms with Crippen LogP contribution in [0.25, 0.3) is 0 Å². The minimum Gasteiger partial charge on any atom is -1.00 e. The number of hydroxylamine groups is 3. The number of hydrogen-bond donors (Lipinski definition) is 0. The Morgan fingerprint density at radius 3 is 2.15 bits per heavy atom. The Morgan fingerprint density at radius 2 is 1.85 bits per heavy atom. The first-order chi connectivity index (χ1) is 5.37. The van der Waals surface area contributed by atoms with Crippen molar-refractivity contribution in [2.75, 3.05) is 21.1 Å². The highest BCUT2D eigenvalue weighted by Crippen LogP contribution is 2.02. The maximum absolute atomic E-state index is 11.2. The van der Waals surface area contributed by atoms with Crippen molar-refractivity contribution < 1.29 is 26.7 Å². The zero-order chi connectivity index (χ0) is 9.78. The normalized spacial score (nSPS) is 11.9. The summed E-state index contributed by atoms with van der Waals surface area (Å²) in [5.74, 6) is -0.246. The van der Waals surface area contributed by atoms with Crippen molar-refractivity contribution in [1.82, 2.24) is 0 Å². The number of carbonyl (C=O) groups excluding carboxylic acids is 1. The van der Waals surface area contributed by atoms with Crippen LogP contribution in [-0.4, -0.2) is 31.8 Å². The van der Waals surface area contributed by atoms with Crippen LogP contribution in [-0.2, 0) is 9.63 Å². The van der Waals surface area contributed by atoms with Gasteiger partial charge >= 0.3 is 5.97 Å². The molecular weight excluding hydrogens is 190 g/mol. The molecule has 4 heteroatoms. The lowest BCUT2D eigenvalue weighted by atomic mass is 10.2. The molecule has 0 rings (SSSR count). The number of rotatable bonds is 3. The lowest BCUT2D eigenvalue weighted by Crippen LogP contribution is -3.00. The molecule has 0 radical (unpaired) electrons. The fourth-order valence-corrected chi connectivity index (χ4v) is 0.710.